The summed E-state index contributed by atoms with van der Waals surface area (Å²) in [6.07, 6.45) is 16.2. The molecule has 0 spiro atoms. The minimum Gasteiger partial charge on any atom is -0.379 e. The number of hydrogen-bond acceptors (Lipinski definition) is 23. The van der Waals surface area contributed by atoms with Crippen LogP contribution in [0.3, 0.4) is 0 Å². The summed E-state index contributed by atoms with van der Waals surface area (Å²) in [5.74, 6) is -1.49. The first-order chi connectivity index (χ1) is 46.3. The van der Waals surface area contributed by atoms with Gasteiger partial charge in [0.05, 0.1) is 163 Å². The van der Waals surface area contributed by atoms with Gasteiger partial charge in [0.15, 0.2) is 5.78 Å². The molecule has 0 bridgehead atoms. The number of amides is 6. The van der Waals surface area contributed by atoms with E-state index in [0.29, 0.717) is 229 Å². The standard InChI is InChI=1S/C67H122N6O21S/c1-4-5-6-7-8-9-10-11-12-22-63(78)71-59(66(68)81)21-13-15-27-70-62(77)25-30-84-32-34-86-36-38-88-40-42-90-44-46-92-48-50-94-52-51-93-49-47-91-45-43-89-41-39-87-37-35-85-33-31-83-29-18-20-57(75)24-28-73-65(80)55-61(67(73)82)95-53-16-14-23-64(79)72-60(56(2)74)54-58(76)19-17-26-69-3/h59-61,69H,4-55H2,1-3H3,(H2,68,81)(H,70,77)(H,71,78)(H,72,79)/t59-,60-,61?/m0/s1. The summed E-state index contributed by atoms with van der Waals surface area (Å²) in [6.45, 7) is 14.8. The minimum absolute atomic E-state index is 0.0170. The Morgan fingerprint density at radius 2 is 0.874 bits per heavy atom. The van der Waals surface area contributed by atoms with Gasteiger partial charge in [-0.2, -0.15) is 0 Å². The number of unbranched alkanes of at least 4 members (excludes halogenated alkanes) is 10. The highest BCUT2D eigenvalue weighted by atomic mass is 32.2. The number of Topliss-reactive ketones (excluding diaryl/α,β-unsaturated/α-hetero) is 3. The van der Waals surface area contributed by atoms with Gasteiger partial charge in [-0.05, 0) is 77.6 Å². The molecule has 0 aliphatic carbocycles. The number of imide groups is 1. The van der Waals surface area contributed by atoms with E-state index in [1.165, 1.54) is 62.1 Å². The van der Waals surface area contributed by atoms with Crippen LogP contribution in [-0.4, -0.2) is 266 Å². The van der Waals surface area contributed by atoms with Crippen molar-refractivity contribution in [1.82, 2.24) is 26.2 Å². The maximum absolute atomic E-state index is 12.9. The molecule has 1 unspecified atom stereocenters. The molecule has 1 aliphatic heterocycles. The molecule has 6 amide bonds. The first-order valence-corrected chi connectivity index (χ1v) is 36.1. The molecule has 27 nitrogen and oxygen atoms in total. The molecule has 95 heavy (non-hydrogen) atoms. The highest BCUT2D eigenvalue weighted by Gasteiger charge is 2.38. The van der Waals surface area contributed by atoms with Crippen molar-refractivity contribution in [3.05, 3.63) is 0 Å². The molecule has 0 aromatic rings. The Kier molecular flexibility index (Phi) is 61.5. The Morgan fingerprint density at radius 1 is 0.453 bits per heavy atom. The number of ketones is 3. The Morgan fingerprint density at radius 3 is 1.33 bits per heavy atom. The third-order valence-electron chi connectivity index (χ3n) is 14.8. The minimum atomic E-state index is -0.830. The van der Waals surface area contributed by atoms with Crippen LogP contribution in [0.15, 0.2) is 0 Å². The molecule has 1 saturated heterocycles. The van der Waals surface area contributed by atoms with Crippen molar-refractivity contribution in [2.75, 3.05) is 191 Å². The molecule has 28 heteroatoms. The summed E-state index contributed by atoms with van der Waals surface area (Å²) in [7, 11) is 1.80. The number of nitrogens with two attached hydrogens (primary N) is 1. The lowest BCUT2D eigenvalue weighted by atomic mass is 10.0. The van der Waals surface area contributed by atoms with Crippen LogP contribution in [0.1, 0.15) is 168 Å². The highest BCUT2D eigenvalue weighted by molar-refractivity contribution is 8.00. The lowest BCUT2D eigenvalue weighted by Gasteiger charge is -2.15. The largest absolute Gasteiger partial charge is 0.379 e. The Hall–Kier alpha value is -4.14. The number of carbonyl (C=O) groups excluding carboxylic acids is 9. The number of hydrogen-bond donors (Lipinski definition) is 5. The third-order valence-corrected chi connectivity index (χ3v) is 16.1. The second-order valence-corrected chi connectivity index (χ2v) is 24.3. The van der Waals surface area contributed by atoms with Crippen molar-refractivity contribution in [3.63, 3.8) is 0 Å². The van der Waals surface area contributed by atoms with Crippen molar-refractivity contribution >= 4 is 64.6 Å². The van der Waals surface area contributed by atoms with E-state index in [9.17, 15) is 43.2 Å². The zero-order valence-corrected chi connectivity index (χ0v) is 58.8. The van der Waals surface area contributed by atoms with Gasteiger partial charge in [-0.1, -0.05) is 58.3 Å². The summed E-state index contributed by atoms with van der Waals surface area (Å²) in [4.78, 5) is 112. The van der Waals surface area contributed by atoms with Crippen LogP contribution in [0.25, 0.3) is 0 Å². The molecule has 0 saturated carbocycles. The van der Waals surface area contributed by atoms with Gasteiger partial charge < -0.3 is 83.8 Å². The van der Waals surface area contributed by atoms with Gasteiger partial charge in [-0.15, -0.1) is 11.8 Å². The number of ether oxygens (including phenoxy) is 12. The van der Waals surface area contributed by atoms with Crippen molar-refractivity contribution in [2.24, 2.45) is 5.73 Å². The molecule has 0 aromatic heterocycles. The van der Waals surface area contributed by atoms with E-state index in [2.05, 4.69) is 28.2 Å². The number of rotatable bonds is 74. The van der Waals surface area contributed by atoms with Crippen molar-refractivity contribution in [3.8, 4) is 0 Å². The van der Waals surface area contributed by atoms with Crippen molar-refractivity contribution in [1.29, 1.82) is 0 Å². The SMILES string of the molecule is CCCCCCCCCCCC(=O)N[C@@H](CCCCNC(=O)CCOCCOCCOCCOCCOCCOCCOCCOCCOCCOCCOCCOCCCC(=O)CCN1C(=O)CC(SCCCCC(=O)N[C@@H](CC(=O)CCCNC)C(C)=O)C1=O)C(N)=O. The number of likely N-dealkylation sites (tertiary alicyclic amines) is 1. The van der Waals surface area contributed by atoms with Crippen LogP contribution in [0.4, 0.5) is 0 Å². The maximum atomic E-state index is 12.9. The van der Waals surface area contributed by atoms with Crippen LogP contribution in [0.5, 0.6) is 0 Å². The van der Waals surface area contributed by atoms with E-state index in [1.54, 1.807) is 7.05 Å². The highest BCUT2D eigenvalue weighted by Crippen LogP contribution is 2.26. The number of carbonyl (C=O) groups is 9. The second-order valence-electron chi connectivity index (χ2n) is 23.0. The first kappa shape index (κ1) is 88.9. The molecule has 552 valence electrons. The van der Waals surface area contributed by atoms with E-state index in [1.807, 2.05) is 0 Å². The smallest absolute Gasteiger partial charge is 0.242 e. The van der Waals surface area contributed by atoms with E-state index in [0.717, 1.165) is 19.3 Å². The average Bonchev–Trinajstić information content (AvgIpc) is 1.70. The van der Waals surface area contributed by atoms with Gasteiger partial charge in [-0.25, -0.2) is 0 Å². The maximum Gasteiger partial charge on any atom is 0.242 e. The van der Waals surface area contributed by atoms with E-state index in [4.69, 9.17) is 62.6 Å². The molecular weight excluding hydrogens is 1260 g/mol. The molecule has 1 heterocycles. The fourth-order valence-electron chi connectivity index (χ4n) is 9.34. The molecular formula is C67H122N6O21S. The average molecular weight is 1380 g/mol. The number of thioether (sulfide) groups is 1. The summed E-state index contributed by atoms with van der Waals surface area (Å²) < 4.78 is 66.3. The Labute approximate surface area is 570 Å². The van der Waals surface area contributed by atoms with Gasteiger partial charge in [0, 0.05) is 71.1 Å². The summed E-state index contributed by atoms with van der Waals surface area (Å²) in [5.41, 5.74) is 5.52. The van der Waals surface area contributed by atoms with Crippen molar-refractivity contribution < 1.29 is 100.0 Å². The van der Waals surface area contributed by atoms with Gasteiger partial charge in [0.2, 0.25) is 35.4 Å². The molecule has 6 N–H and O–H groups in total. The van der Waals surface area contributed by atoms with Crippen LogP contribution in [0, 0.1) is 0 Å². The van der Waals surface area contributed by atoms with Crippen LogP contribution in [-0.2, 0) is 100.0 Å². The zero-order valence-electron chi connectivity index (χ0n) is 58.0. The Bertz CT molecular complexity index is 1980. The lowest BCUT2D eigenvalue weighted by molar-refractivity contribution is -0.138. The molecule has 3 atom stereocenters. The van der Waals surface area contributed by atoms with Gasteiger partial charge in [0.25, 0.3) is 0 Å². The number of nitrogens with one attached hydrogen (secondary N) is 4. The molecule has 1 fully saturated rings. The molecule has 1 aliphatic rings. The van der Waals surface area contributed by atoms with E-state index >= 15 is 0 Å². The fraction of sp³-hybridized carbons (Fsp3) is 0.866. The molecule has 0 radical (unpaired) electrons. The van der Waals surface area contributed by atoms with Gasteiger partial charge in [-0.3, -0.25) is 48.1 Å². The second kappa shape index (κ2) is 65.8. The van der Waals surface area contributed by atoms with Crippen LogP contribution < -0.4 is 27.0 Å². The monoisotopic (exact) mass is 1380 g/mol. The van der Waals surface area contributed by atoms with Crippen LogP contribution in [0.2, 0.25) is 0 Å². The van der Waals surface area contributed by atoms with E-state index < -0.39 is 23.2 Å². The molecule has 0 aromatic carbocycles. The topological polar surface area (TPSA) is 342 Å². The fourth-order valence-corrected chi connectivity index (χ4v) is 10.5. The zero-order chi connectivity index (χ0) is 69.3. The first-order valence-electron chi connectivity index (χ1n) is 35.0. The predicted molar refractivity (Wildman–Crippen MR) is 360 cm³/mol. The quantitative estimate of drug-likeness (QED) is 0.0412. The lowest BCUT2D eigenvalue weighted by Crippen LogP contribution is -2.44. The van der Waals surface area contributed by atoms with E-state index in [-0.39, 0.29) is 98.6 Å². The van der Waals surface area contributed by atoms with Crippen LogP contribution >= 0.6 is 11.8 Å². The Balaban J connectivity index is 1.79. The number of nitrogens with zero attached hydrogens (tertiary/aromatic N) is 1. The number of primary amides is 1. The normalized spacial score (nSPS) is 13.8. The molecule has 1 rings (SSSR count). The summed E-state index contributed by atoms with van der Waals surface area (Å²) in [5, 5.41) is 10.8. The third kappa shape index (κ3) is 56.4. The summed E-state index contributed by atoms with van der Waals surface area (Å²) >= 11 is 1.37. The predicted octanol–water partition coefficient (Wildman–Crippen LogP) is 4.56. The van der Waals surface area contributed by atoms with Gasteiger partial charge in [0.1, 0.15) is 17.6 Å². The van der Waals surface area contributed by atoms with Gasteiger partial charge >= 0.3 is 0 Å². The van der Waals surface area contributed by atoms with Crippen molar-refractivity contribution in [2.45, 2.75) is 185 Å². The summed E-state index contributed by atoms with van der Waals surface area (Å²) in [6, 6.07) is -1.53.